The molecule has 3 rings (SSSR count). The molecule has 1 atom stereocenters. The monoisotopic (exact) mass is 447 g/mol. The molecule has 0 spiro atoms. The van der Waals surface area contributed by atoms with Crippen LogP contribution in [0.15, 0.2) is 84.9 Å². The third kappa shape index (κ3) is 6.58. The van der Waals surface area contributed by atoms with Crippen molar-refractivity contribution in [3.63, 3.8) is 0 Å². The third-order valence-electron chi connectivity index (χ3n) is 4.60. The SMILES string of the molecule is CC(NC(=O)c1ccccc1NC(=S)NC(=O)C=Cc1ccc(F)cc1)c1ccccc1. The molecule has 32 heavy (non-hydrogen) atoms. The lowest BCUT2D eigenvalue weighted by atomic mass is 10.1. The first-order chi connectivity index (χ1) is 15.4. The van der Waals surface area contributed by atoms with Gasteiger partial charge in [-0.25, -0.2) is 4.39 Å². The van der Waals surface area contributed by atoms with Crippen molar-refractivity contribution < 1.29 is 14.0 Å². The summed E-state index contributed by atoms with van der Waals surface area (Å²) in [5, 5.41) is 8.44. The van der Waals surface area contributed by atoms with Crippen LogP contribution in [0.3, 0.4) is 0 Å². The zero-order valence-corrected chi connectivity index (χ0v) is 18.2. The molecule has 0 aromatic heterocycles. The number of anilines is 1. The second kappa shape index (κ2) is 11.0. The van der Waals surface area contributed by atoms with Crippen LogP contribution in [0.5, 0.6) is 0 Å². The lowest BCUT2D eigenvalue weighted by molar-refractivity contribution is -0.115. The molecule has 0 aliphatic heterocycles. The molecule has 0 bridgehead atoms. The Balaban J connectivity index is 1.61. The topological polar surface area (TPSA) is 70.2 Å². The smallest absolute Gasteiger partial charge is 0.253 e. The van der Waals surface area contributed by atoms with Crippen molar-refractivity contribution in [2.45, 2.75) is 13.0 Å². The molecule has 0 aliphatic carbocycles. The van der Waals surface area contributed by atoms with Gasteiger partial charge >= 0.3 is 0 Å². The van der Waals surface area contributed by atoms with E-state index < -0.39 is 5.91 Å². The Morgan fingerprint density at radius 1 is 0.938 bits per heavy atom. The fraction of sp³-hybridized carbons (Fsp3) is 0.0800. The van der Waals surface area contributed by atoms with Crippen molar-refractivity contribution >= 4 is 40.9 Å². The lowest BCUT2D eigenvalue weighted by Gasteiger charge is -2.17. The van der Waals surface area contributed by atoms with Gasteiger partial charge in [0.2, 0.25) is 5.91 Å². The number of amides is 2. The molecule has 3 N–H and O–H groups in total. The van der Waals surface area contributed by atoms with Crippen molar-refractivity contribution in [1.82, 2.24) is 10.6 Å². The second-order valence-electron chi connectivity index (χ2n) is 6.98. The van der Waals surface area contributed by atoms with Crippen LogP contribution in [0.1, 0.15) is 34.5 Å². The first-order valence-corrected chi connectivity index (χ1v) is 10.3. The number of nitrogens with one attached hydrogen (secondary N) is 3. The van der Waals surface area contributed by atoms with Gasteiger partial charge in [0.05, 0.1) is 17.3 Å². The van der Waals surface area contributed by atoms with Crippen LogP contribution in [-0.4, -0.2) is 16.9 Å². The van der Waals surface area contributed by atoms with Crippen LogP contribution in [0.4, 0.5) is 10.1 Å². The molecule has 0 heterocycles. The summed E-state index contributed by atoms with van der Waals surface area (Å²) in [5.41, 5.74) is 2.53. The van der Waals surface area contributed by atoms with Gasteiger partial charge in [0, 0.05) is 6.08 Å². The summed E-state index contributed by atoms with van der Waals surface area (Å²) in [6, 6.07) is 22.1. The van der Waals surface area contributed by atoms with Gasteiger partial charge in [-0.2, -0.15) is 0 Å². The maximum absolute atomic E-state index is 13.0. The van der Waals surface area contributed by atoms with Crippen molar-refractivity contribution in [3.05, 3.63) is 107 Å². The molecule has 0 saturated carbocycles. The standard InChI is InChI=1S/C25H22FN3O2S/c1-17(19-7-3-2-4-8-19)27-24(31)21-9-5-6-10-22(21)28-25(32)29-23(30)16-13-18-11-14-20(26)15-12-18/h2-17H,1H3,(H,27,31)(H2,28,29,30,32). The molecule has 1 unspecified atom stereocenters. The van der Waals surface area contributed by atoms with Gasteiger partial charge in [-0.1, -0.05) is 54.6 Å². The Hall–Kier alpha value is -3.84. The van der Waals surface area contributed by atoms with Crippen LogP contribution in [0, 0.1) is 5.82 Å². The van der Waals surface area contributed by atoms with Gasteiger partial charge in [0.15, 0.2) is 5.11 Å². The van der Waals surface area contributed by atoms with E-state index in [0.29, 0.717) is 16.8 Å². The summed E-state index contributed by atoms with van der Waals surface area (Å²) in [6.07, 6.45) is 2.84. The zero-order valence-electron chi connectivity index (χ0n) is 17.3. The molecule has 162 valence electrons. The Morgan fingerprint density at radius 2 is 1.59 bits per heavy atom. The van der Waals surface area contributed by atoms with Gasteiger partial charge in [-0.05, 0) is 60.6 Å². The number of benzene rings is 3. The molecule has 3 aromatic carbocycles. The molecule has 0 aliphatic rings. The maximum atomic E-state index is 13.0. The summed E-state index contributed by atoms with van der Waals surface area (Å²) in [6.45, 7) is 1.90. The van der Waals surface area contributed by atoms with E-state index in [9.17, 15) is 14.0 Å². The molecule has 3 aromatic rings. The average molecular weight is 448 g/mol. The van der Waals surface area contributed by atoms with Gasteiger partial charge in [-0.3, -0.25) is 14.9 Å². The predicted octanol–water partition coefficient (Wildman–Crippen LogP) is 4.84. The molecule has 0 fully saturated rings. The minimum absolute atomic E-state index is 0.0510. The summed E-state index contributed by atoms with van der Waals surface area (Å²) in [4.78, 5) is 24.9. The Bertz CT molecular complexity index is 1130. The molecule has 5 nitrogen and oxygen atoms in total. The Kier molecular flexibility index (Phi) is 7.83. The van der Waals surface area contributed by atoms with Crippen LogP contribution in [-0.2, 0) is 4.79 Å². The van der Waals surface area contributed by atoms with Gasteiger partial charge in [0.25, 0.3) is 5.91 Å². The Morgan fingerprint density at radius 3 is 2.31 bits per heavy atom. The average Bonchev–Trinajstić information content (AvgIpc) is 2.79. The highest BCUT2D eigenvalue weighted by Crippen LogP contribution is 2.18. The van der Waals surface area contributed by atoms with Gasteiger partial charge in [-0.15, -0.1) is 0 Å². The number of hydrogen-bond donors (Lipinski definition) is 3. The quantitative estimate of drug-likeness (QED) is 0.373. The first kappa shape index (κ1) is 22.8. The number of halogens is 1. The van der Waals surface area contributed by atoms with Crippen LogP contribution in [0.25, 0.3) is 6.08 Å². The summed E-state index contributed by atoms with van der Waals surface area (Å²) >= 11 is 5.21. The van der Waals surface area contributed by atoms with Gasteiger partial charge < -0.3 is 10.6 Å². The predicted molar refractivity (Wildman–Crippen MR) is 129 cm³/mol. The van der Waals surface area contributed by atoms with Crippen LogP contribution >= 0.6 is 12.2 Å². The van der Waals surface area contributed by atoms with E-state index in [2.05, 4.69) is 16.0 Å². The molecule has 0 radical (unpaired) electrons. The number of para-hydroxylation sites is 1. The molecular formula is C25H22FN3O2S. The molecular weight excluding hydrogens is 425 g/mol. The van der Waals surface area contributed by atoms with E-state index in [4.69, 9.17) is 12.2 Å². The zero-order chi connectivity index (χ0) is 22.9. The number of thiocarbonyl (C=S) groups is 1. The highest BCUT2D eigenvalue weighted by atomic mass is 32.1. The summed E-state index contributed by atoms with van der Waals surface area (Å²) < 4.78 is 13.0. The largest absolute Gasteiger partial charge is 0.345 e. The van der Waals surface area contributed by atoms with E-state index in [1.54, 1.807) is 42.5 Å². The summed E-state index contributed by atoms with van der Waals surface area (Å²) in [7, 11) is 0. The lowest BCUT2D eigenvalue weighted by Crippen LogP contribution is -2.34. The number of hydrogen-bond acceptors (Lipinski definition) is 3. The summed E-state index contributed by atoms with van der Waals surface area (Å²) in [5.74, 6) is -1.07. The van der Waals surface area contributed by atoms with Gasteiger partial charge in [0.1, 0.15) is 5.82 Å². The minimum atomic E-state index is -0.452. The number of rotatable bonds is 6. The normalized spacial score (nSPS) is 11.6. The van der Waals surface area contributed by atoms with E-state index in [1.165, 1.54) is 18.2 Å². The fourth-order valence-corrected chi connectivity index (χ4v) is 3.15. The Labute approximate surface area is 191 Å². The maximum Gasteiger partial charge on any atom is 0.253 e. The van der Waals surface area contributed by atoms with E-state index in [1.807, 2.05) is 37.3 Å². The number of carbonyl (C=O) groups excluding carboxylic acids is 2. The van der Waals surface area contributed by atoms with E-state index >= 15 is 0 Å². The van der Waals surface area contributed by atoms with E-state index in [0.717, 1.165) is 5.56 Å². The molecule has 2 amide bonds. The van der Waals surface area contributed by atoms with Crippen molar-refractivity contribution in [3.8, 4) is 0 Å². The fourth-order valence-electron chi connectivity index (χ4n) is 2.94. The highest BCUT2D eigenvalue weighted by molar-refractivity contribution is 7.80. The second-order valence-corrected chi connectivity index (χ2v) is 7.39. The van der Waals surface area contributed by atoms with Crippen LogP contribution < -0.4 is 16.0 Å². The first-order valence-electron chi connectivity index (χ1n) is 9.93. The molecule has 0 saturated heterocycles. The highest BCUT2D eigenvalue weighted by Gasteiger charge is 2.15. The third-order valence-corrected chi connectivity index (χ3v) is 4.81. The van der Waals surface area contributed by atoms with Crippen molar-refractivity contribution in [1.29, 1.82) is 0 Å². The van der Waals surface area contributed by atoms with E-state index in [-0.39, 0.29) is 22.9 Å². The van der Waals surface area contributed by atoms with Crippen molar-refractivity contribution in [2.24, 2.45) is 0 Å². The van der Waals surface area contributed by atoms with Crippen LogP contribution in [0.2, 0.25) is 0 Å². The minimum Gasteiger partial charge on any atom is -0.345 e. The van der Waals surface area contributed by atoms with Crippen molar-refractivity contribution in [2.75, 3.05) is 5.32 Å². The molecule has 7 heteroatoms. The number of carbonyl (C=O) groups is 2.